The third-order valence-corrected chi connectivity index (χ3v) is 3.29. The predicted octanol–water partition coefficient (Wildman–Crippen LogP) is 2.79. The minimum atomic E-state index is -1.39. The van der Waals surface area contributed by atoms with E-state index in [0.717, 1.165) is 0 Å². The van der Waals surface area contributed by atoms with Crippen molar-refractivity contribution in [2.45, 2.75) is 31.3 Å². The van der Waals surface area contributed by atoms with Crippen LogP contribution in [0.5, 0.6) is 0 Å². The Morgan fingerprint density at radius 2 is 1.82 bits per heavy atom. The van der Waals surface area contributed by atoms with E-state index in [0.29, 0.717) is 9.92 Å². The molecule has 0 saturated carbocycles. The van der Waals surface area contributed by atoms with Crippen LogP contribution in [0.3, 0.4) is 0 Å². The highest BCUT2D eigenvalue weighted by Crippen LogP contribution is 2.14. The number of hydrogen-bond acceptors (Lipinski definition) is 3. The van der Waals surface area contributed by atoms with Crippen LogP contribution in [0.1, 0.15) is 20.8 Å². The number of rotatable bonds is 3. The van der Waals surface area contributed by atoms with Crippen molar-refractivity contribution < 1.29 is 13.7 Å². The zero-order valence-electron chi connectivity index (χ0n) is 10.0. The largest absolute Gasteiger partial charge is 0.459 e. The van der Waals surface area contributed by atoms with Gasteiger partial charge in [0.05, 0.1) is 10.8 Å². The third-order valence-electron chi connectivity index (χ3n) is 1.75. The summed E-state index contributed by atoms with van der Waals surface area (Å²) in [7, 11) is -1.39. The molecule has 3 nitrogen and oxygen atoms in total. The molecule has 0 heterocycles. The third kappa shape index (κ3) is 5.33. The lowest BCUT2D eigenvalue weighted by molar-refractivity contribution is -0.151. The van der Waals surface area contributed by atoms with Crippen molar-refractivity contribution in [3.63, 3.8) is 0 Å². The van der Waals surface area contributed by atoms with E-state index in [9.17, 15) is 9.00 Å². The van der Waals surface area contributed by atoms with Gasteiger partial charge < -0.3 is 4.74 Å². The smallest absolute Gasteiger partial charge is 0.319 e. The second-order valence-corrected chi connectivity index (χ2v) is 6.42. The van der Waals surface area contributed by atoms with E-state index in [-0.39, 0.29) is 5.75 Å². The molecule has 1 aromatic carbocycles. The van der Waals surface area contributed by atoms with Crippen LogP contribution >= 0.6 is 11.6 Å². The van der Waals surface area contributed by atoms with Gasteiger partial charge in [-0.3, -0.25) is 9.00 Å². The maximum Gasteiger partial charge on any atom is 0.319 e. The van der Waals surface area contributed by atoms with Crippen LogP contribution in [0.25, 0.3) is 0 Å². The SMILES string of the molecule is CC(C)(C)OC(=O)C[S@@](=O)c1ccc(Cl)cc1. The molecule has 0 amide bonds. The van der Waals surface area contributed by atoms with Crippen LogP contribution in [0.15, 0.2) is 29.2 Å². The van der Waals surface area contributed by atoms with E-state index in [1.165, 1.54) is 0 Å². The van der Waals surface area contributed by atoms with Crippen LogP contribution < -0.4 is 0 Å². The van der Waals surface area contributed by atoms with Gasteiger partial charge >= 0.3 is 5.97 Å². The normalized spacial score (nSPS) is 13.2. The fourth-order valence-corrected chi connectivity index (χ4v) is 2.15. The molecule has 1 rings (SSSR count). The average Bonchev–Trinajstić information content (AvgIpc) is 2.15. The predicted molar refractivity (Wildman–Crippen MR) is 68.6 cm³/mol. The first-order valence-electron chi connectivity index (χ1n) is 5.14. The molecule has 1 aromatic rings. The highest BCUT2D eigenvalue weighted by Gasteiger charge is 2.18. The van der Waals surface area contributed by atoms with Gasteiger partial charge in [-0.15, -0.1) is 0 Å². The Morgan fingerprint density at radius 3 is 2.29 bits per heavy atom. The maximum atomic E-state index is 11.8. The second-order valence-electron chi connectivity index (χ2n) is 4.53. The second kappa shape index (κ2) is 5.65. The topological polar surface area (TPSA) is 43.4 Å². The molecule has 0 aromatic heterocycles. The number of esters is 1. The summed E-state index contributed by atoms with van der Waals surface area (Å²) in [5.74, 6) is -0.607. The molecule has 0 N–H and O–H groups in total. The van der Waals surface area contributed by atoms with Crippen molar-refractivity contribution >= 4 is 28.4 Å². The molecule has 0 saturated heterocycles. The van der Waals surface area contributed by atoms with E-state index in [1.807, 2.05) is 0 Å². The fourth-order valence-electron chi connectivity index (χ4n) is 1.15. The van der Waals surface area contributed by atoms with Gasteiger partial charge in [0.25, 0.3) is 0 Å². The van der Waals surface area contributed by atoms with Gasteiger partial charge in [-0.05, 0) is 45.0 Å². The van der Waals surface area contributed by atoms with Gasteiger partial charge in [0.1, 0.15) is 11.4 Å². The standard InChI is InChI=1S/C12H15ClO3S/c1-12(2,3)16-11(14)8-17(15)10-6-4-9(13)5-7-10/h4-7H,8H2,1-3H3/t17-/m1/s1. The highest BCUT2D eigenvalue weighted by molar-refractivity contribution is 7.85. The van der Waals surface area contributed by atoms with E-state index in [1.54, 1.807) is 45.0 Å². The molecule has 5 heteroatoms. The Morgan fingerprint density at radius 1 is 1.29 bits per heavy atom. The zero-order chi connectivity index (χ0) is 13.1. The van der Waals surface area contributed by atoms with Gasteiger partial charge in [0, 0.05) is 9.92 Å². The van der Waals surface area contributed by atoms with Crippen LogP contribution in [0.4, 0.5) is 0 Å². The first kappa shape index (κ1) is 14.2. The molecule has 0 fully saturated rings. The Kier molecular flexibility index (Phi) is 4.71. The van der Waals surface area contributed by atoms with Gasteiger partial charge in [-0.2, -0.15) is 0 Å². The number of carbonyl (C=O) groups excluding carboxylic acids is 1. The van der Waals surface area contributed by atoms with Crippen LogP contribution in [0, 0.1) is 0 Å². The molecule has 0 spiro atoms. The van der Waals surface area contributed by atoms with Crippen LogP contribution in [-0.4, -0.2) is 21.5 Å². The summed E-state index contributed by atoms with van der Waals surface area (Å²) in [6.45, 7) is 5.32. The quantitative estimate of drug-likeness (QED) is 0.796. The Labute approximate surface area is 109 Å². The molecule has 0 aliphatic rings. The molecule has 0 radical (unpaired) electrons. The van der Waals surface area contributed by atoms with E-state index >= 15 is 0 Å². The van der Waals surface area contributed by atoms with Crippen molar-refractivity contribution in [2.24, 2.45) is 0 Å². The minimum absolute atomic E-state index is 0.140. The molecule has 0 bridgehead atoms. The number of halogens is 1. The summed E-state index contributed by atoms with van der Waals surface area (Å²) in [5.41, 5.74) is -0.554. The first-order valence-corrected chi connectivity index (χ1v) is 6.83. The Bertz CT molecular complexity index is 420. The highest BCUT2D eigenvalue weighted by atomic mass is 35.5. The maximum absolute atomic E-state index is 11.8. The molecule has 94 valence electrons. The number of carbonyl (C=O) groups is 1. The van der Waals surface area contributed by atoms with E-state index in [2.05, 4.69) is 0 Å². The monoisotopic (exact) mass is 274 g/mol. The Hall–Kier alpha value is -0.870. The van der Waals surface area contributed by atoms with Crippen molar-refractivity contribution in [2.75, 3.05) is 5.75 Å². The molecular weight excluding hydrogens is 260 g/mol. The van der Waals surface area contributed by atoms with Gasteiger partial charge in [-0.25, -0.2) is 0 Å². The molecular formula is C12H15ClO3S. The lowest BCUT2D eigenvalue weighted by atomic mass is 10.2. The summed E-state index contributed by atoms with van der Waals surface area (Å²) in [6.07, 6.45) is 0. The molecule has 0 unspecified atom stereocenters. The fraction of sp³-hybridized carbons (Fsp3) is 0.417. The molecule has 0 aliphatic heterocycles. The summed E-state index contributed by atoms with van der Waals surface area (Å²) < 4.78 is 16.9. The Balaban J connectivity index is 2.61. The first-order chi connectivity index (χ1) is 7.78. The van der Waals surface area contributed by atoms with Crippen molar-refractivity contribution in [3.8, 4) is 0 Å². The number of ether oxygens (including phenoxy) is 1. The summed E-state index contributed by atoms with van der Waals surface area (Å²) >= 11 is 5.72. The van der Waals surface area contributed by atoms with E-state index < -0.39 is 22.4 Å². The van der Waals surface area contributed by atoms with Crippen LogP contribution in [-0.2, 0) is 20.3 Å². The van der Waals surface area contributed by atoms with Gasteiger partial charge in [0.2, 0.25) is 0 Å². The number of hydrogen-bond donors (Lipinski definition) is 0. The lowest BCUT2D eigenvalue weighted by Crippen LogP contribution is -2.27. The van der Waals surface area contributed by atoms with Crippen molar-refractivity contribution in [1.82, 2.24) is 0 Å². The van der Waals surface area contributed by atoms with Crippen LogP contribution in [0.2, 0.25) is 5.02 Å². The molecule has 17 heavy (non-hydrogen) atoms. The zero-order valence-corrected chi connectivity index (χ0v) is 11.6. The van der Waals surface area contributed by atoms with Crippen molar-refractivity contribution in [1.29, 1.82) is 0 Å². The summed E-state index contributed by atoms with van der Waals surface area (Å²) in [6, 6.07) is 6.57. The van der Waals surface area contributed by atoms with E-state index in [4.69, 9.17) is 16.3 Å². The molecule has 0 aliphatic carbocycles. The van der Waals surface area contributed by atoms with Crippen molar-refractivity contribution in [3.05, 3.63) is 29.3 Å². The summed E-state index contributed by atoms with van der Waals surface area (Å²) in [4.78, 5) is 12.0. The summed E-state index contributed by atoms with van der Waals surface area (Å²) in [5, 5.41) is 0.572. The minimum Gasteiger partial charge on any atom is -0.459 e. The molecule has 1 atom stereocenters. The average molecular weight is 275 g/mol. The number of benzene rings is 1. The lowest BCUT2D eigenvalue weighted by Gasteiger charge is -2.19. The van der Waals surface area contributed by atoms with Gasteiger partial charge in [-0.1, -0.05) is 11.6 Å². The van der Waals surface area contributed by atoms with Gasteiger partial charge in [0.15, 0.2) is 0 Å².